The summed E-state index contributed by atoms with van der Waals surface area (Å²) in [4.78, 5) is 26.4. The van der Waals surface area contributed by atoms with E-state index in [-0.39, 0.29) is 18.4 Å². The molecule has 2 aromatic carbocycles. The van der Waals surface area contributed by atoms with Crippen LogP contribution in [-0.2, 0) is 17.9 Å². The molecule has 0 saturated carbocycles. The minimum Gasteiger partial charge on any atom is -0.350 e. The Bertz CT molecular complexity index is 766. The predicted octanol–water partition coefficient (Wildman–Crippen LogP) is 2.96. The van der Waals surface area contributed by atoms with Gasteiger partial charge in [-0.1, -0.05) is 49.4 Å². The highest BCUT2D eigenvalue weighted by atomic mass is 16.2. The van der Waals surface area contributed by atoms with Crippen LogP contribution >= 0.6 is 0 Å². The molecule has 1 saturated heterocycles. The molecule has 0 atom stereocenters. The van der Waals surface area contributed by atoms with Crippen molar-refractivity contribution in [2.75, 3.05) is 19.6 Å². The van der Waals surface area contributed by atoms with E-state index < -0.39 is 0 Å². The second-order valence-corrected chi connectivity index (χ2v) is 7.60. The second kappa shape index (κ2) is 10.0. The van der Waals surface area contributed by atoms with Crippen LogP contribution in [0.3, 0.4) is 0 Å². The minimum absolute atomic E-state index is 0.0286. The van der Waals surface area contributed by atoms with Crippen molar-refractivity contribution in [1.29, 1.82) is 0 Å². The molecule has 2 aromatic rings. The molecule has 2 N–H and O–H groups in total. The number of benzene rings is 2. The number of carbonyl (C=O) groups excluding carboxylic acids is 2. The number of piperidine rings is 1. The number of hydrogen-bond acceptors (Lipinski definition) is 3. The first-order valence-electron chi connectivity index (χ1n) is 10.0. The first kappa shape index (κ1) is 20.1. The fourth-order valence-electron chi connectivity index (χ4n) is 3.36. The van der Waals surface area contributed by atoms with E-state index in [2.05, 4.69) is 46.7 Å². The van der Waals surface area contributed by atoms with E-state index in [1.54, 1.807) is 24.3 Å². The lowest BCUT2D eigenvalue weighted by molar-refractivity contribution is -0.120. The zero-order chi connectivity index (χ0) is 19.8. The molecule has 0 radical (unpaired) electrons. The molecule has 1 fully saturated rings. The Morgan fingerprint density at radius 1 is 0.929 bits per heavy atom. The summed E-state index contributed by atoms with van der Waals surface area (Å²) in [6, 6.07) is 17.3. The van der Waals surface area contributed by atoms with E-state index in [4.69, 9.17) is 0 Å². The number of likely N-dealkylation sites (tertiary alicyclic amines) is 1. The molecule has 1 aliphatic rings. The third kappa shape index (κ3) is 6.20. The van der Waals surface area contributed by atoms with Crippen LogP contribution in [0.2, 0.25) is 0 Å². The highest BCUT2D eigenvalue weighted by molar-refractivity contribution is 5.96. The van der Waals surface area contributed by atoms with E-state index in [0.29, 0.717) is 12.1 Å². The number of hydrogen-bond donors (Lipinski definition) is 2. The molecule has 1 heterocycles. The summed E-state index contributed by atoms with van der Waals surface area (Å²) in [5.41, 5.74) is 2.91. The van der Waals surface area contributed by atoms with Gasteiger partial charge in [0.05, 0.1) is 6.54 Å². The molecular weight excluding hydrogens is 350 g/mol. The Morgan fingerprint density at radius 3 is 2.25 bits per heavy atom. The minimum atomic E-state index is -0.243. The van der Waals surface area contributed by atoms with Gasteiger partial charge in [0, 0.05) is 18.7 Å². The lowest BCUT2D eigenvalue weighted by Crippen LogP contribution is -2.36. The van der Waals surface area contributed by atoms with Crippen LogP contribution in [0.5, 0.6) is 0 Å². The van der Waals surface area contributed by atoms with Gasteiger partial charge in [-0.25, -0.2) is 0 Å². The van der Waals surface area contributed by atoms with Crippen LogP contribution < -0.4 is 10.6 Å². The average Bonchev–Trinajstić information content (AvgIpc) is 2.74. The van der Waals surface area contributed by atoms with Gasteiger partial charge in [0.25, 0.3) is 5.91 Å². The van der Waals surface area contributed by atoms with Crippen molar-refractivity contribution < 1.29 is 9.59 Å². The van der Waals surface area contributed by atoms with E-state index >= 15 is 0 Å². The molecule has 5 heteroatoms. The molecular formula is C23H29N3O2. The van der Waals surface area contributed by atoms with E-state index in [0.717, 1.165) is 18.0 Å². The SMILES string of the molecule is CC1CCN(Cc2ccc(CNC(=O)CNC(=O)c3ccccc3)cc2)CC1. The number of carbonyl (C=O) groups is 2. The molecule has 0 aromatic heterocycles. The van der Waals surface area contributed by atoms with Gasteiger partial charge < -0.3 is 10.6 Å². The van der Waals surface area contributed by atoms with Gasteiger partial charge >= 0.3 is 0 Å². The van der Waals surface area contributed by atoms with Crippen LogP contribution in [0.4, 0.5) is 0 Å². The molecule has 0 bridgehead atoms. The summed E-state index contributed by atoms with van der Waals surface area (Å²) in [7, 11) is 0. The Hall–Kier alpha value is -2.66. The smallest absolute Gasteiger partial charge is 0.251 e. The normalized spacial score (nSPS) is 15.2. The fraction of sp³-hybridized carbons (Fsp3) is 0.391. The van der Waals surface area contributed by atoms with E-state index in [9.17, 15) is 9.59 Å². The van der Waals surface area contributed by atoms with Crippen LogP contribution in [0.1, 0.15) is 41.3 Å². The maximum Gasteiger partial charge on any atom is 0.251 e. The lowest BCUT2D eigenvalue weighted by Gasteiger charge is -2.30. The van der Waals surface area contributed by atoms with Gasteiger partial charge in [0.2, 0.25) is 5.91 Å². The van der Waals surface area contributed by atoms with Gasteiger partial charge in [-0.3, -0.25) is 14.5 Å². The summed E-state index contributed by atoms with van der Waals surface area (Å²) >= 11 is 0. The summed E-state index contributed by atoms with van der Waals surface area (Å²) in [5.74, 6) is 0.405. The molecule has 0 aliphatic carbocycles. The molecule has 0 spiro atoms. The highest BCUT2D eigenvalue weighted by Gasteiger charge is 2.15. The fourth-order valence-corrected chi connectivity index (χ4v) is 3.36. The van der Waals surface area contributed by atoms with Crippen molar-refractivity contribution >= 4 is 11.8 Å². The monoisotopic (exact) mass is 379 g/mol. The van der Waals surface area contributed by atoms with Gasteiger partial charge in [-0.15, -0.1) is 0 Å². The van der Waals surface area contributed by atoms with E-state index in [1.807, 2.05) is 6.07 Å². The topological polar surface area (TPSA) is 61.4 Å². The Labute approximate surface area is 167 Å². The van der Waals surface area contributed by atoms with Gasteiger partial charge in [-0.2, -0.15) is 0 Å². The molecule has 148 valence electrons. The number of nitrogens with zero attached hydrogens (tertiary/aromatic N) is 1. The zero-order valence-corrected chi connectivity index (χ0v) is 16.5. The largest absolute Gasteiger partial charge is 0.350 e. The molecule has 1 aliphatic heterocycles. The van der Waals surface area contributed by atoms with Crippen molar-refractivity contribution in [3.05, 3.63) is 71.3 Å². The maximum atomic E-state index is 12.0. The first-order valence-corrected chi connectivity index (χ1v) is 10.0. The Balaban J connectivity index is 1.38. The molecule has 2 amide bonds. The van der Waals surface area contributed by atoms with E-state index in [1.165, 1.54) is 31.5 Å². The van der Waals surface area contributed by atoms with Gasteiger partial charge in [0.15, 0.2) is 0 Å². The predicted molar refractivity (Wildman–Crippen MR) is 111 cm³/mol. The highest BCUT2D eigenvalue weighted by Crippen LogP contribution is 2.18. The zero-order valence-electron chi connectivity index (χ0n) is 16.5. The van der Waals surface area contributed by atoms with Crippen LogP contribution in [0.25, 0.3) is 0 Å². The maximum absolute atomic E-state index is 12.0. The Morgan fingerprint density at radius 2 is 1.57 bits per heavy atom. The standard InChI is InChI=1S/C23H29N3O2/c1-18-11-13-26(14-12-18)17-20-9-7-19(8-10-20)15-24-22(27)16-25-23(28)21-5-3-2-4-6-21/h2-10,18H,11-17H2,1H3,(H,24,27)(H,25,28). The third-order valence-electron chi connectivity index (χ3n) is 5.24. The summed E-state index contributed by atoms with van der Waals surface area (Å²) in [6.07, 6.45) is 2.57. The number of amides is 2. The van der Waals surface area contributed by atoms with Crippen molar-refractivity contribution in [2.24, 2.45) is 5.92 Å². The van der Waals surface area contributed by atoms with Crippen LogP contribution in [0.15, 0.2) is 54.6 Å². The van der Waals surface area contributed by atoms with Gasteiger partial charge in [-0.05, 0) is 55.1 Å². The molecule has 0 unspecified atom stereocenters. The van der Waals surface area contributed by atoms with Crippen molar-refractivity contribution in [1.82, 2.24) is 15.5 Å². The van der Waals surface area contributed by atoms with Crippen molar-refractivity contribution in [3.63, 3.8) is 0 Å². The third-order valence-corrected chi connectivity index (χ3v) is 5.24. The average molecular weight is 380 g/mol. The Kier molecular flexibility index (Phi) is 7.20. The number of rotatable bonds is 7. The quantitative estimate of drug-likeness (QED) is 0.778. The first-order chi connectivity index (χ1) is 13.6. The van der Waals surface area contributed by atoms with Crippen molar-refractivity contribution in [3.8, 4) is 0 Å². The summed E-state index contributed by atoms with van der Waals surface area (Å²) in [6.45, 7) is 6.10. The van der Waals surface area contributed by atoms with Crippen LogP contribution in [-0.4, -0.2) is 36.3 Å². The second-order valence-electron chi connectivity index (χ2n) is 7.60. The number of nitrogens with one attached hydrogen (secondary N) is 2. The van der Waals surface area contributed by atoms with Crippen LogP contribution in [0, 0.1) is 5.92 Å². The van der Waals surface area contributed by atoms with Gasteiger partial charge in [0.1, 0.15) is 0 Å². The molecule has 28 heavy (non-hydrogen) atoms. The van der Waals surface area contributed by atoms with Crippen molar-refractivity contribution in [2.45, 2.75) is 32.9 Å². The molecule has 3 rings (SSSR count). The summed E-state index contributed by atoms with van der Waals surface area (Å²) < 4.78 is 0. The lowest BCUT2D eigenvalue weighted by atomic mass is 9.99. The molecule has 5 nitrogen and oxygen atoms in total. The summed E-state index contributed by atoms with van der Waals surface area (Å²) in [5, 5.41) is 5.48.